The topological polar surface area (TPSA) is 148 Å². The van der Waals surface area contributed by atoms with Gasteiger partial charge in [0, 0.05) is 62.8 Å². The van der Waals surface area contributed by atoms with Crippen LogP contribution in [0.15, 0.2) is 48.7 Å². The van der Waals surface area contributed by atoms with Gasteiger partial charge in [0.1, 0.15) is 5.76 Å². The summed E-state index contributed by atoms with van der Waals surface area (Å²) in [5.41, 5.74) is 2.79. The second kappa shape index (κ2) is 13.1. The van der Waals surface area contributed by atoms with Gasteiger partial charge in [-0.05, 0) is 55.7 Å². The minimum Gasteiger partial charge on any atom is -0.480 e. The molecule has 3 aromatic rings. The van der Waals surface area contributed by atoms with Gasteiger partial charge in [0.2, 0.25) is 0 Å². The number of pyridine rings is 1. The van der Waals surface area contributed by atoms with Gasteiger partial charge < -0.3 is 36.0 Å². The predicted molar refractivity (Wildman–Crippen MR) is 169 cm³/mol. The first-order valence-electron chi connectivity index (χ1n) is 14.8. The molecule has 1 saturated heterocycles. The zero-order valence-electron chi connectivity index (χ0n) is 24.6. The van der Waals surface area contributed by atoms with Gasteiger partial charge in [-0.2, -0.15) is 0 Å². The van der Waals surface area contributed by atoms with Crippen molar-refractivity contribution in [1.82, 2.24) is 25.4 Å². The first kappa shape index (κ1) is 30.3. The highest BCUT2D eigenvalue weighted by atomic mass is 32.1. The van der Waals surface area contributed by atoms with Crippen LogP contribution in [-0.2, 0) is 11.3 Å². The first-order chi connectivity index (χ1) is 21.7. The molecule has 0 atom stereocenters. The maximum absolute atomic E-state index is 14.9. The summed E-state index contributed by atoms with van der Waals surface area (Å²) >= 11 is 1.46. The van der Waals surface area contributed by atoms with E-state index in [2.05, 4.69) is 26.3 Å². The number of carboxylic acids is 1. The summed E-state index contributed by atoms with van der Waals surface area (Å²) < 4.78 is 20.9. The third-order valence-corrected chi connectivity index (χ3v) is 8.83. The van der Waals surface area contributed by atoms with Gasteiger partial charge in [-0.3, -0.25) is 14.7 Å². The fourth-order valence-corrected chi connectivity index (χ4v) is 6.22. The molecule has 1 aromatic carbocycles. The highest BCUT2D eigenvalue weighted by molar-refractivity contribution is 7.17. The van der Waals surface area contributed by atoms with Crippen molar-refractivity contribution in [2.24, 2.45) is 0 Å². The number of carbonyl (C=O) groups is 3. The van der Waals surface area contributed by atoms with Crippen LogP contribution in [0.5, 0.6) is 5.75 Å². The van der Waals surface area contributed by atoms with E-state index in [9.17, 15) is 23.9 Å². The number of hydrogen-bond acceptors (Lipinski definition) is 8. The lowest BCUT2D eigenvalue weighted by Crippen LogP contribution is -2.63. The average molecular weight is 636 g/mol. The zero-order valence-corrected chi connectivity index (χ0v) is 25.5. The van der Waals surface area contributed by atoms with Crippen molar-refractivity contribution in [3.8, 4) is 16.3 Å². The van der Waals surface area contributed by atoms with E-state index in [1.54, 1.807) is 17.2 Å². The van der Waals surface area contributed by atoms with E-state index < -0.39 is 11.8 Å². The van der Waals surface area contributed by atoms with Crippen LogP contribution >= 0.6 is 11.3 Å². The van der Waals surface area contributed by atoms with E-state index >= 15 is 0 Å². The number of fused-ring (bicyclic) bond motifs is 1. The van der Waals surface area contributed by atoms with E-state index in [0.717, 1.165) is 39.5 Å². The van der Waals surface area contributed by atoms with Gasteiger partial charge in [0.15, 0.2) is 11.6 Å². The molecule has 2 aromatic heterocycles. The predicted octanol–water partition coefficient (Wildman–Crippen LogP) is 4.38. The second-order valence-electron chi connectivity index (χ2n) is 11.2. The Bertz CT molecular complexity index is 1620. The smallest absolute Gasteiger partial charge is 0.319 e. The number of urea groups is 2. The standard InChI is InChI=1S/C31H34FN7O5S/c1-2-33-31(43)39-15-21(16-39)38(17-28(40)41)14-18-3-7-23(35-13-18)27-12-24-29(45-27)26(9-10-34-24)44-25-8-6-20(11-22(25)32)37-30(42)36-19-4-5-19/h3,6-9,11-13,19,21,34H,2,4-5,10,14-17H2,1H3,(H,33,43)(H,40,41)(H2,36,37,42). The van der Waals surface area contributed by atoms with Crippen LogP contribution in [0, 0.1) is 5.82 Å². The molecule has 2 fully saturated rings. The van der Waals surface area contributed by atoms with Crippen LogP contribution < -0.4 is 26.0 Å². The van der Waals surface area contributed by atoms with Crippen molar-refractivity contribution < 1.29 is 28.6 Å². The number of aliphatic carboxylic acids is 1. The molecule has 14 heteroatoms. The number of carbonyl (C=O) groups excluding carboxylic acids is 2. The van der Waals surface area contributed by atoms with Crippen molar-refractivity contribution in [3.63, 3.8) is 0 Å². The summed E-state index contributed by atoms with van der Waals surface area (Å²) in [6.07, 6.45) is 5.50. The number of halogens is 1. The Morgan fingerprint density at radius 3 is 2.71 bits per heavy atom. The van der Waals surface area contributed by atoms with Gasteiger partial charge in [-0.25, -0.2) is 14.0 Å². The van der Waals surface area contributed by atoms with E-state index in [1.165, 1.54) is 23.5 Å². The summed E-state index contributed by atoms with van der Waals surface area (Å²) in [7, 11) is 0. The van der Waals surface area contributed by atoms with Crippen molar-refractivity contribution >= 4 is 46.5 Å². The molecule has 4 amide bonds. The van der Waals surface area contributed by atoms with E-state index in [1.807, 2.05) is 36.1 Å². The van der Waals surface area contributed by atoms with E-state index in [4.69, 9.17) is 4.74 Å². The first-order valence-corrected chi connectivity index (χ1v) is 15.6. The highest BCUT2D eigenvalue weighted by Gasteiger charge is 2.35. The third-order valence-electron chi connectivity index (χ3n) is 7.65. The van der Waals surface area contributed by atoms with Crippen LogP contribution in [-0.4, -0.2) is 82.7 Å². The minimum atomic E-state index is -0.928. The number of benzene rings is 1. The molecule has 0 unspecified atom stereocenters. The number of hydrogen-bond donors (Lipinski definition) is 5. The minimum absolute atomic E-state index is 0.0474. The molecule has 1 saturated carbocycles. The largest absolute Gasteiger partial charge is 0.480 e. The van der Waals surface area contributed by atoms with Crippen LogP contribution in [0.25, 0.3) is 16.3 Å². The number of aromatic nitrogens is 1. The molecule has 1 aliphatic carbocycles. The molecule has 6 rings (SSSR count). The maximum atomic E-state index is 14.9. The number of nitrogens with one attached hydrogen (secondary N) is 4. The number of amides is 4. The maximum Gasteiger partial charge on any atom is 0.319 e. The van der Waals surface area contributed by atoms with Crippen LogP contribution in [0.4, 0.5) is 25.4 Å². The average Bonchev–Trinajstić information content (AvgIpc) is 3.67. The normalized spacial score (nSPS) is 15.8. The van der Waals surface area contributed by atoms with Crippen LogP contribution in [0.2, 0.25) is 0 Å². The number of nitrogens with zero attached hydrogens (tertiary/aromatic N) is 3. The number of anilines is 2. The third kappa shape index (κ3) is 7.35. The monoisotopic (exact) mass is 635 g/mol. The highest BCUT2D eigenvalue weighted by Crippen LogP contribution is 2.41. The van der Waals surface area contributed by atoms with E-state index in [-0.39, 0.29) is 36.4 Å². The van der Waals surface area contributed by atoms with Crippen molar-refractivity contribution in [1.29, 1.82) is 0 Å². The summed E-state index contributed by atoms with van der Waals surface area (Å²) in [6, 6.07) is 9.76. The summed E-state index contributed by atoms with van der Waals surface area (Å²) in [5.74, 6) is -0.951. The Morgan fingerprint density at radius 1 is 1.20 bits per heavy atom. The van der Waals surface area contributed by atoms with Gasteiger partial charge in [-0.15, -0.1) is 11.3 Å². The van der Waals surface area contributed by atoms with Gasteiger partial charge in [0.05, 0.1) is 27.7 Å². The van der Waals surface area contributed by atoms with Crippen LogP contribution in [0.1, 0.15) is 30.2 Å². The number of thiophene rings is 1. The lowest BCUT2D eigenvalue weighted by atomic mass is 10.1. The molecule has 4 heterocycles. The molecular formula is C31H34FN7O5S. The number of carboxylic acid groups (broad SMARTS) is 1. The summed E-state index contributed by atoms with van der Waals surface area (Å²) in [5, 5.41) is 21.0. The van der Waals surface area contributed by atoms with E-state index in [0.29, 0.717) is 44.2 Å². The Labute approximate surface area is 263 Å². The fourth-order valence-electron chi connectivity index (χ4n) is 5.13. The van der Waals surface area contributed by atoms with Gasteiger partial charge >= 0.3 is 18.0 Å². The Hall–Kier alpha value is -4.69. The summed E-state index contributed by atoms with van der Waals surface area (Å²) in [6.45, 7) is 4.10. The molecule has 3 aliphatic rings. The molecule has 0 spiro atoms. The molecule has 0 bridgehead atoms. The SMILES string of the molecule is CCNC(=O)N1CC(N(CC(=O)O)Cc2ccc(-c3cc4c(s3)C(Oc3ccc(NC(=O)NC5CC5)cc3F)=CCN4)nc2)C1. The molecular weight excluding hydrogens is 601 g/mol. The molecule has 0 radical (unpaired) electrons. The Morgan fingerprint density at radius 2 is 2.02 bits per heavy atom. The molecule has 5 N–H and O–H groups in total. The molecule has 45 heavy (non-hydrogen) atoms. The fraction of sp³-hybridized carbons (Fsp3) is 0.355. The second-order valence-corrected chi connectivity index (χ2v) is 12.2. The lowest BCUT2D eigenvalue weighted by Gasteiger charge is -2.44. The molecule has 12 nitrogen and oxygen atoms in total. The zero-order chi connectivity index (χ0) is 31.5. The van der Waals surface area contributed by atoms with Gasteiger partial charge in [-0.1, -0.05) is 6.07 Å². The van der Waals surface area contributed by atoms with Gasteiger partial charge in [0.25, 0.3) is 0 Å². The number of ether oxygens (including phenoxy) is 1. The lowest BCUT2D eigenvalue weighted by molar-refractivity contribution is -0.139. The Kier molecular flexibility index (Phi) is 8.85. The number of rotatable bonds is 11. The molecule has 2 aliphatic heterocycles. The molecule has 236 valence electrons. The van der Waals surface area contributed by atoms with Crippen molar-refractivity contribution in [2.45, 2.75) is 38.4 Å². The number of likely N-dealkylation sites (tertiary alicyclic amines) is 1. The van der Waals surface area contributed by atoms with Crippen molar-refractivity contribution in [3.05, 3.63) is 64.9 Å². The quantitative estimate of drug-likeness (QED) is 0.209. The van der Waals surface area contributed by atoms with Crippen LogP contribution in [0.3, 0.4) is 0 Å². The Balaban J connectivity index is 1.10. The van der Waals surface area contributed by atoms with Crippen molar-refractivity contribution in [2.75, 3.05) is 43.4 Å². The summed E-state index contributed by atoms with van der Waals surface area (Å²) in [4.78, 5) is 45.4.